The molecule has 132 valence electrons. The summed E-state index contributed by atoms with van der Waals surface area (Å²) in [5, 5.41) is 0.485. The summed E-state index contributed by atoms with van der Waals surface area (Å²) in [5.74, 6) is -0.492. The number of rotatable bonds is 6. The van der Waals surface area contributed by atoms with Crippen molar-refractivity contribution in [3.8, 4) is 11.5 Å². The van der Waals surface area contributed by atoms with Gasteiger partial charge in [0.2, 0.25) is 5.82 Å². The molecule has 0 saturated heterocycles. The van der Waals surface area contributed by atoms with Crippen LogP contribution in [0.4, 0.5) is 19.0 Å². The summed E-state index contributed by atoms with van der Waals surface area (Å²) < 4.78 is 50.0. The molecule has 0 atom stereocenters. The highest BCUT2D eigenvalue weighted by molar-refractivity contribution is 5.95. The molecule has 1 aromatic carbocycles. The zero-order valence-corrected chi connectivity index (χ0v) is 14.1. The lowest BCUT2D eigenvalue weighted by Gasteiger charge is -2.22. The van der Waals surface area contributed by atoms with Crippen LogP contribution in [0.2, 0.25) is 0 Å². The van der Waals surface area contributed by atoms with Crippen LogP contribution < -0.4 is 14.4 Å². The van der Waals surface area contributed by atoms with E-state index in [0.29, 0.717) is 17.7 Å². The SMILES string of the molecule is CCCCN(C)c1nc(C(F)(F)F)nc2c(OC)c(OC)ccc12. The lowest BCUT2D eigenvalue weighted by atomic mass is 10.2. The lowest BCUT2D eigenvalue weighted by molar-refractivity contribution is -0.144. The van der Waals surface area contributed by atoms with Gasteiger partial charge >= 0.3 is 6.18 Å². The van der Waals surface area contributed by atoms with Crippen molar-refractivity contribution in [2.45, 2.75) is 25.9 Å². The number of methoxy groups -OCH3 is 2. The molecule has 24 heavy (non-hydrogen) atoms. The van der Waals surface area contributed by atoms with E-state index >= 15 is 0 Å². The third-order valence-electron chi connectivity index (χ3n) is 3.65. The van der Waals surface area contributed by atoms with Crippen LogP contribution in [-0.4, -0.2) is 37.8 Å². The number of aromatic nitrogens is 2. The molecule has 0 bridgehead atoms. The summed E-state index contributed by atoms with van der Waals surface area (Å²) >= 11 is 0. The molecule has 0 aliphatic rings. The van der Waals surface area contributed by atoms with E-state index in [0.717, 1.165) is 12.8 Å². The summed E-state index contributed by atoms with van der Waals surface area (Å²) in [6.07, 6.45) is -2.88. The number of nitrogens with zero attached hydrogens (tertiary/aromatic N) is 3. The van der Waals surface area contributed by atoms with Gasteiger partial charge in [-0.15, -0.1) is 0 Å². The smallest absolute Gasteiger partial charge is 0.451 e. The third kappa shape index (κ3) is 3.47. The number of fused-ring (bicyclic) bond motifs is 1. The molecule has 0 radical (unpaired) electrons. The first-order valence-corrected chi connectivity index (χ1v) is 7.54. The minimum Gasteiger partial charge on any atom is -0.493 e. The Morgan fingerprint density at radius 3 is 2.38 bits per heavy atom. The minimum atomic E-state index is -4.65. The van der Waals surface area contributed by atoms with Crippen molar-refractivity contribution in [2.75, 3.05) is 32.7 Å². The van der Waals surface area contributed by atoms with Gasteiger partial charge in [0, 0.05) is 19.0 Å². The van der Waals surface area contributed by atoms with Crippen LogP contribution in [-0.2, 0) is 6.18 Å². The topological polar surface area (TPSA) is 47.5 Å². The number of unbranched alkanes of at least 4 members (excludes halogenated alkanes) is 1. The van der Waals surface area contributed by atoms with Crippen LogP contribution in [0.1, 0.15) is 25.6 Å². The number of alkyl halides is 3. The Labute approximate surface area is 138 Å². The summed E-state index contributed by atoms with van der Waals surface area (Å²) in [5.41, 5.74) is 0.0810. The molecule has 0 amide bonds. The highest BCUT2D eigenvalue weighted by Gasteiger charge is 2.36. The van der Waals surface area contributed by atoms with Crippen LogP contribution >= 0.6 is 0 Å². The van der Waals surface area contributed by atoms with Gasteiger partial charge < -0.3 is 14.4 Å². The fourth-order valence-corrected chi connectivity index (χ4v) is 2.41. The maximum absolute atomic E-state index is 13.2. The molecule has 0 N–H and O–H groups in total. The number of ether oxygens (including phenoxy) is 2. The number of halogens is 3. The van der Waals surface area contributed by atoms with Gasteiger partial charge in [-0.25, -0.2) is 9.97 Å². The van der Waals surface area contributed by atoms with E-state index in [4.69, 9.17) is 9.47 Å². The van der Waals surface area contributed by atoms with Gasteiger partial charge in [-0.2, -0.15) is 13.2 Å². The van der Waals surface area contributed by atoms with Gasteiger partial charge in [-0.05, 0) is 18.6 Å². The molecule has 0 spiro atoms. The molecule has 0 saturated carbocycles. The molecule has 0 aliphatic heterocycles. The molecule has 1 heterocycles. The summed E-state index contributed by atoms with van der Waals surface area (Å²) in [4.78, 5) is 9.13. The lowest BCUT2D eigenvalue weighted by Crippen LogP contribution is -2.22. The van der Waals surface area contributed by atoms with E-state index in [-0.39, 0.29) is 17.1 Å². The molecule has 2 rings (SSSR count). The molecular formula is C16H20F3N3O2. The van der Waals surface area contributed by atoms with Crippen molar-refractivity contribution >= 4 is 16.7 Å². The zero-order valence-electron chi connectivity index (χ0n) is 14.1. The first-order valence-electron chi connectivity index (χ1n) is 7.54. The van der Waals surface area contributed by atoms with Crippen molar-refractivity contribution in [3.63, 3.8) is 0 Å². The van der Waals surface area contributed by atoms with Crippen molar-refractivity contribution in [1.29, 1.82) is 0 Å². The van der Waals surface area contributed by atoms with Gasteiger partial charge in [0.05, 0.1) is 14.2 Å². The summed E-state index contributed by atoms with van der Waals surface area (Å²) in [7, 11) is 4.51. The van der Waals surface area contributed by atoms with Crippen molar-refractivity contribution < 1.29 is 22.6 Å². The Balaban J connectivity index is 2.75. The van der Waals surface area contributed by atoms with E-state index < -0.39 is 12.0 Å². The molecular weight excluding hydrogens is 323 g/mol. The average Bonchev–Trinajstić information content (AvgIpc) is 2.56. The Morgan fingerprint density at radius 2 is 1.83 bits per heavy atom. The zero-order chi connectivity index (χ0) is 17.9. The van der Waals surface area contributed by atoms with Gasteiger partial charge in [0.15, 0.2) is 11.5 Å². The number of hydrogen-bond acceptors (Lipinski definition) is 5. The normalized spacial score (nSPS) is 11.6. The molecule has 2 aromatic rings. The second kappa shape index (κ2) is 7.11. The molecule has 0 fully saturated rings. The van der Waals surface area contributed by atoms with Crippen LogP contribution in [0.25, 0.3) is 10.9 Å². The van der Waals surface area contributed by atoms with Gasteiger partial charge in [0.25, 0.3) is 0 Å². The van der Waals surface area contributed by atoms with Gasteiger partial charge in [-0.3, -0.25) is 0 Å². The predicted octanol–water partition coefficient (Wildman–Crippen LogP) is 3.90. The molecule has 0 unspecified atom stereocenters. The van der Waals surface area contributed by atoms with Gasteiger partial charge in [-0.1, -0.05) is 13.3 Å². The standard InChI is InChI=1S/C16H20F3N3O2/c1-5-6-9-22(2)14-10-7-8-11(23-3)13(24-4)12(10)20-15(21-14)16(17,18)19/h7-8H,5-6,9H2,1-4H3. The van der Waals surface area contributed by atoms with Crippen molar-refractivity contribution in [1.82, 2.24) is 9.97 Å². The Kier molecular flexibility index (Phi) is 5.36. The maximum atomic E-state index is 13.2. The van der Waals surface area contributed by atoms with E-state index in [2.05, 4.69) is 9.97 Å². The molecule has 5 nitrogen and oxygen atoms in total. The van der Waals surface area contributed by atoms with Crippen LogP contribution in [0.15, 0.2) is 12.1 Å². The second-order valence-corrected chi connectivity index (χ2v) is 5.34. The quantitative estimate of drug-likeness (QED) is 0.796. The summed E-state index contributed by atoms with van der Waals surface area (Å²) in [6.45, 7) is 2.61. The van der Waals surface area contributed by atoms with E-state index in [1.165, 1.54) is 14.2 Å². The van der Waals surface area contributed by atoms with Crippen LogP contribution in [0.3, 0.4) is 0 Å². The third-order valence-corrected chi connectivity index (χ3v) is 3.65. The Morgan fingerprint density at radius 1 is 1.12 bits per heavy atom. The summed E-state index contributed by atoms with van der Waals surface area (Å²) in [6, 6.07) is 3.28. The minimum absolute atomic E-state index is 0.0810. The molecule has 8 heteroatoms. The number of benzene rings is 1. The fraction of sp³-hybridized carbons (Fsp3) is 0.500. The number of anilines is 1. The highest BCUT2D eigenvalue weighted by Crippen LogP contribution is 2.39. The Hall–Kier alpha value is -2.25. The van der Waals surface area contributed by atoms with Crippen LogP contribution in [0, 0.1) is 0 Å². The average molecular weight is 343 g/mol. The van der Waals surface area contributed by atoms with Crippen LogP contribution in [0.5, 0.6) is 11.5 Å². The predicted molar refractivity (Wildman–Crippen MR) is 85.8 cm³/mol. The second-order valence-electron chi connectivity index (χ2n) is 5.34. The number of hydrogen-bond donors (Lipinski definition) is 0. The highest BCUT2D eigenvalue weighted by atomic mass is 19.4. The van der Waals surface area contributed by atoms with E-state index in [1.807, 2.05) is 6.92 Å². The maximum Gasteiger partial charge on any atom is 0.451 e. The largest absolute Gasteiger partial charge is 0.493 e. The van der Waals surface area contributed by atoms with E-state index in [9.17, 15) is 13.2 Å². The first kappa shape index (κ1) is 18.1. The monoisotopic (exact) mass is 343 g/mol. The van der Waals surface area contributed by atoms with E-state index in [1.54, 1.807) is 24.1 Å². The van der Waals surface area contributed by atoms with Crippen molar-refractivity contribution in [2.24, 2.45) is 0 Å². The van der Waals surface area contributed by atoms with Crippen molar-refractivity contribution in [3.05, 3.63) is 18.0 Å². The molecule has 1 aromatic heterocycles. The first-order chi connectivity index (χ1) is 11.3. The Bertz CT molecular complexity index is 720. The van der Waals surface area contributed by atoms with Gasteiger partial charge in [0.1, 0.15) is 11.3 Å². The molecule has 0 aliphatic carbocycles. The fourth-order valence-electron chi connectivity index (χ4n) is 2.41.